The molecule has 0 bridgehead atoms. The fraction of sp³-hybridized carbons (Fsp3) is 0.458. The maximum absolute atomic E-state index is 13.0. The quantitative estimate of drug-likeness (QED) is 0.741. The zero-order valence-corrected chi connectivity index (χ0v) is 19.8. The number of hydrogen-bond acceptors (Lipinski definition) is 4. The van der Waals surface area contributed by atoms with Gasteiger partial charge in [-0.2, -0.15) is 0 Å². The van der Waals surface area contributed by atoms with Gasteiger partial charge in [-0.05, 0) is 77.4 Å². The molecule has 0 aromatic heterocycles. The van der Waals surface area contributed by atoms with Crippen LogP contribution in [0.3, 0.4) is 0 Å². The molecule has 0 spiro atoms. The van der Waals surface area contributed by atoms with Crippen LogP contribution in [0.2, 0.25) is 0 Å². The minimum absolute atomic E-state index is 0.00932. The zero-order valence-electron chi connectivity index (χ0n) is 19.0. The highest BCUT2D eigenvalue weighted by molar-refractivity contribution is 7.89. The van der Waals surface area contributed by atoms with Gasteiger partial charge in [-0.25, -0.2) is 13.1 Å². The normalized spacial score (nSPS) is 15.6. The number of amides is 1. The third-order valence-corrected chi connectivity index (χ3v) is 7.30. The Balaban J connectivity index is 1.90. The van der Waals surface area contributed by atoms with Crippen molar-refractivity contribution in [2.45, 2.75) is 57.0 Å². The number of nitrogens with zero attached hydrogens (tertiary/aromatic N) is 1. The molecule has 1 aliphatic heterocycles. The maximum Gasteiger partial charge on any atom is 0.253 e. The first-order chi connectivity index (χ1) is 14.5. The molecular weight excluding hydrogens is 410 g/mol. The summed E-state index contributed by atoms with van der Waals surface area (Å²) in [4.78, 5) is 15.0. The van der Waals surface area contributed by atoms with Gasteiger partial charge >= 0.3 is 0 Å². The topological polar surface area (TPSA) is 78.5 Å². The maximum atomic E-state index is 13.0. The van der Waals surface area contributed by atoms with Crippen LogP contribution in [0, 0.1) is 6.92 Å². The number of sulfonamides is 1. The van der Waals surface area contributed by atoms with Crippen molar-refractivity contribution in [2.75, 3.05) is 20.1 Å². The van der Waals surface area contributed by atoms with Gasteiger partial charge in [0.25, 0.3) is 5.91 Å². The van der Waals surface area contributed by atoms with Gasteiger partial charge in [0, 0.05) is 29.8 Å². The van der Waals surface area contributed by atoms with Crippen molar-refractivity contribution >= 4 is 15.9 Å². The Hall–Kier alpha value is -2.22. The van der Waals surface area contributed by atoms with Crippen LogP contribution in [0.1, 0.15) is 49.5 Å². The molecule has 2 N–H and O–H groups in total. The van der Waals surface area contributed by atoms with Crippen LogP contribution < -0.4 is 10.0 Å². The van der Waals surface area contributed by atoms with Gasteiger partial charge in [0.15, 0.2) is 0 Å². The van der Waals surface area contributed by atoms with E-state index in [2.05, 4.69) is 10.0 Å². The summed E-state index contributed by atoms with van der Waals surface area (Å²) in [6.07, 6.45) is 1.90. The molecule has 1 amide bonds. The van der Waals surface area contributed by atoms with Crippen molar-refractivity contribution in [3.8, 4) is 11.1 Å². The van der Waals surface area contributed by atoms with Crippen molar-refractivity contribution in [1.82, 2.24) is 14.9 Å². The van der Waals surface area contributed by atoms with E-state index in [0.717, 1.165) is 37.1 Å². The molecule has 0 aliphatic carbocycles. The van der Waals surface area contributed by atoms with Crippen LogP contribution in [-0.2, 0) is 10.0 Å². The third kappa shape index (κ3) is 5.73. The lowest BCUT2D eigenvalue weighted by atomic mass is 10.0. The molecule has 2 aromatic rings. The predicted molar refractivity (Wildman–Crippen MR) is 125 cm³/mol. The largest absolute Gasteiger partial charge is 0.339 e. The molecule has 0 unspecified atom stereocenters. The molecule has 1 heterocycles. The first-order valence-corrected chi connectivity index (χ1v) is 12.2. The fourth-order valence-corrected chi connectivity index (χ4v) is 5.55. The number of aryl methyl sites for hydroxylation is 1. The lowest BCUT2D eigenvalue weighted by Gasteiger charge is -2.31. The monoisotopic (exact) mass is 443 g/mol. The number of nitrogens with one attached hydrogen (secondary N) is 2. The van der Waals surface area contributed by atoms with Crippen molar-refractivity contribution < 1.29 is 13.2 Å². The molecule has 3 rings (SSSR count). The van der Waals surface area contributed by atoms with Gasteiger partial charge in [-0.1, -0.05) is 29.8 Å². The minimum atomic E-state index is -3.70. The molecule has 31 heavy (non-hydrogen) atoms. The molecule has 0 atom stereocenters. The molecule has 6 nitrogen and oxygen atoms in total. The molecule has 1 aliphatic rings. The summed E-state index contributed by atoms with van der Waals surface area (Å²) < 4.78 is 28.8. The Morgan fingerprint density at radius 3 is 2.26 bits per heavy atom. The fourth-order valence-electron chi connectivity index (χ4n) is 3.92. The summed E-state index contributed by atoms with van der Waals surface area (Å²) in [6, 6.07) is 12.8. The summed E-state index contributed by atoms with van der Waals surface area (Å²) >= 11 is 0. The number of carbonyl (C=O) groups excluding carboxylic acids is 1. The first-order valence-electron chi connectivity index (χ1n) is 10.7. The van der Waals surface area contributed by atoms with Crippen molar-refractivity contribution in [1.29, 1.82) is 0 Å². The lowest BCUT2D eigenvalue weighted by Crippen LogP contribution is -2.43. The van der Waals surface area contributed by atoms with Crippen LogP contribution in [0.15, 0.2) is 47.4 Å². The Morgan fingerprint density at radius 1 is 1.06 bits per heavy atom. The number of piperidine rings is 1. The van der Waals surface area contributed by atoms with E-state index < -0.39 is 15.6 Å². The average molecular weight is 444 g/mol. The van der Waals surface area contributed by atoms with E-state index in [1.807, 2.05) is 57.8 Å². The molecule has 1 fully saturated rings. The van der Waals surface area contributed by atoms with E-state index in [9.17, 15) is 13.2 Å². The Kier molecular flexibility index (Phi) is 6.88. The third-order valence-electron chi connectivity index (χ3n) is 5.48. The van der Waals surface area contributed by atoms with Crippen LogP contribution in [0.4, 0.5) is 0 Å². The van der Waals surface area contributed by atoms with Crippen molar-refractivity contribution in [2.24, 2.45) is 0 Å². The lowest BCUT2D eigenvalue weighted by molar-refractivity contribution is 0.0703. The van der Waals surface area contributed by atoms with E-state index in [4.69, 9.17) is 0 Å². The first kappa shape index (κ1) is 23.4. The number of benzene rings is 2. The van der Waals surface area contributed by atoms with Gasteiger partial charge in [-0.15, -0.1) is 0 Å². The number of rotatable bonds is 5. The zero-order chi connectivity index (χ0) is 22.8. The summed E-state index contributed by atoms with van der Waals surface area (Å²) in [6.45, 7) is 9.24. The van der Waals surface area contributed by atoms with Crippen molar-refractivity contribution in [3.05, 3.63) is 53.6 Å². The Bertz CT molecular complexity index is 1030. The van der Waals surface area contributed by atoms with Crippen LogP contribution in [-0.4, -0.2) is 50.9 Å². The van der Waals surface area contributed by atoms with E-state index in [1.165, 1.54) is 0 Å². The number of hydrogen-bond donors (Lipinski definition) is 2. The summed E-state index contributed by atoms with van der Waals surface area (Å²) in [5.41, 5.74) is 2.38. The van der Waals surface area contributed by atoms with E-state index >= 15 is 0 Å². The van der Waals surface area contributed by atoms with Gasteiger partial charge < -0.3 is 10.2 Å². The summed E-state index contributed by atoms with van der Waals surface area (Å²) in [5.74, 6) is -0.00932. The molecule has 168 valence electrons. The second-order valence-corrected chi connectivity index (χ2v) is 11.0. The molecule has 0 radical (unpaired) electrons. The van der Waals surface area contributed by atoms with Crippen LogP contribution in [0.25, 0.3) is 11.1 Å². The molecular formula is C24H33N3O3S. The van der Waals surface area contributed by atoms with Crippen molar-refractivity contribution in [3.63, 3.8) is 0 Å². The number of carbonyl (C=O) groups is 1. The second-order valence-electron chi connectivity index (χ2n) is 9.33. The minimum Gasteiger partial charge on any atom is -0.339 e. The van der Waals surface area contributed by atoms with Gasteiger partial charge in [0.05, 0.1) is 4.90 Å². The van der Waals surface area contributed by atoms with E-state index in [1.54, 1.807) is 24.3 Å². The highest BCUT2D eigenvalue weighted by Gasteiger charge is 2.26. The summed E-state index contributed by atoms with van der Waals surface area (Å²) in [5, 5.41) is 3.32. The average Bonchev–Trinajstić information content (AvgIpc) is 2.71. The predicted octanol–water partition coefficient (Wildman–Crippen LogP) is 3.56. The molecule has 2 aromatic carbocycles. The molecule has 0 saturated carbocycles. The van der Waals surface area contributed by atoms with Gasteiger partial charge in [-0.3, -0.25) is 4.79 Å². The van der Waals surface area contributed by atoms with Gasteiger partial charge in [0.1, 0.15) is 0 Å². The Labute approximate surface area is 186 Å². The standard InChI is InChI=1S/C24H33N3O3S/c1-17-6-11-22(31(29,30)26-24(2,3)4)21(16-17)18-7-9-19(10-8-18)23(28)27(5)20-12-14-25-15-13-20/h6-11,16,20,25-26H,12-15H2,1-5H3. The van der Waals surface area contributed by atoms with E-state index in [0.29, 0.717) is 11.1 Å². The van der Waals surface area contributed by atoms with Crippen LogP contribution in [0.5, 0.6) is 0 Å². The summed E-state index contributed by atoms with van der Waals surface area (Å²) in [7, 11) is -1.84. The molecule has 1 saturated heterocycles. The SMILES string of the molecule is Cc1ccc(S(=O)(=O)NC(C)(C)C)c(-c2ccc(C(=O)N(C)C3CCNCC3)cc2)c1. The van der Waals surface area contributed by atoms with Gasteiger partial charge in [0.2, 0.25) is 10.0 Å². The smallest absolute Gasteiger partial charge is 0.253 e. The highest BCUT2D eigenvalue weighted by Crippen LogP contribution is 2.30. The van der Waals surface area contributed by atoms with Crippen LogP contribution >= 0.6 is 0 Å². The highest BCUT2D eigenvalue weighted by atomic mass is 32.2. The Morgan fingerprint density at radius 2 is 1.68 bits per heavy atom. The van der Waals surface area contributed by atoms with E-state index in [-0.39, 0.29) is 16.8 Å². The second kappa shape index (κ2) is 9.10. The molecule has 7 heteroatoms.